The smallest absolute Gasteiger partial charge is 0.419 e. The number of aromatic nitrogens is 4. The largest absolute Gasteiger partial charge is 0.477 e. The zero-order valence-electron chi connectivity index (χ0n) is 17.0. The molecule has 4 aromatic rings. The van der Waals surface area contributed by atoms with E-state index in [9.17, 15) is 31.1 Å². The van der Waals surface area contributed by atoms with Gasteiger partial charge in [-0.3, -0.25) is 4.57 Å². The van der Waals surface area contributed by atoms with Gasteiger partial charge in [-0.05, 0) is 68.3 Å². The predicted molar refractivity (Wildman–Crippen MR) is 119 cm³/mol. The van der Waals surface area contributed by atoms with Gasteiger partial charge in [0, 0.05) is 39.9 Å². The lowest BCUT2D eigenvalue weighted by molar-refractivity contribution is -0.138. The second-order valence-electron chi connectivity index (χ2n) is 6.70. The van der Waals surface area contributed by atoms with Gasteiger partial charge in [-0.2, -0.15) is 26.3 Å². The molecule has 0 aliphatic carbocycles. The molecule has 0 amide bonds. The van der Waals surface area contributed by atoms with Gasteiger partial charge in [0.05, 0.1) is 11.1 Å². The molecule has 1 N–H and O–H groups in total. The SMILES string of the molecule is FC(F)(F)c1cccnc1-n1ccc(Br)c1.O=C(O)c1cc(Br)cn1-c1ncccc1C(F)(F)F. The number of rotatable bonds is 3. The molecule has 35 heavy (non-hydrogen) atoms. The van der Waals surface area contributed by atoms with Crippen molar-refractivity contribution in [1.82, 2.24) is 19.1 Å². The van der Waals surface area contributed by atoms with Crippen molar-refractivity contribution in [2.75, 3.05) is 0 Å². The number of carbonyl (C=O) groups is 1. The normalized spacial score (nSPS) is 11.7. The minimum Gasteiger partial charge on any atom is -0.477 e. The molecule has 4 rings (SSSR count). The van der Waals surface area contributed by atoms with E-state index < -0.39 is 35.3 Å². The molecule has 4 aromatic heterocycles. The highest BCUT2D eigenvalue weighted by molar-refractivity contribution is 9.10. The molecule has 4 heterocycles. The molecule has 0 aliphatic rings. The lowest BCUT2D eigenvalue weighted by Crippen LogP contribution is -2.15. The Bertz CT molecular complexity index is 1350. The molecule has 0 spiro atoms. The fraction of sp³-hybridized carbons (Fsp3) is 0.0952. The minimum atomic E-state index is -4.61. The van der Waals surface area contributed by atoms with Crippen molar-refractivity contribution in [3.8, 4) is 11.6 Å². The van der Waals surface area contributed by atoms with Gasteiger partial charge in [0.15, 0.2) is 0 Å². The highest BCUT2D eigenvalue weighted by Gasteiger charge is 2.36. The van der Waals surface area contributed by atoms with Crippen LogP contribution in [-0.2, 0) is 12.4 Å². The van der Waals surface area contributed by atoms with E-state index in [2.05, 4.69) is 41.8 Å². The van der Waals surface area contributed by atoms with Gasteiger partial charge in [0.2, 0.25) is 0 Å². The van der Waals surface area contributed by atoms with Gasteiger partial charge in [0.1, 0.15) is 17.3 Å². The van der Waals surface area contributed by atoms with Crippen molar-refractivity contribution in [2.45, 2.75) is 12.4 Å². The maximum Gasteiger partial charge on any atom is 0.419 e. The predicted octanol–water partition coefficient (Wildman–Crippen LogP) is 7.01. The summed E-state index contributed by atoms with van der Waals surface area (Å²) < 4.78 is 79.9. The summed E-state index contributed by atoms with van der Waals surface area (Å²) in [7, 11) is 0. The molecule has 0 saturated carbocycles. The van der Waals surface area contributed by atoms with Crippen LogP contribution in [0.4, 0.5) is 26.3 Å². The molecule has 0 fully saturated rings. The Morgan fingerprint density at radius 1 is 0.829 bits per heavy atom. The third-order valence-electron chi connectivity index (χ3n) is 4.32. The van der Waals surface area contributed by atoms with Crippen molar-refractivity contribution >= 4 is 37.8 Å². The van der Waals surface area contributed by atoms with E-state index in [1.807, 2.05) is 0 Å². The number of hydrogen-bond donors (Lipinski definition) is 1. The van der Waals surface area contributed by atoms with Gasteiger partial charge >= 0.3 is 18.3 Å². The number of pyridine rings is 2. The molecule has 184 valence electrons. The Morgan fingerprint density at radius 2 is 1.37 bits per heavy atom. The van der Waals surface area contributed by atoms with Crippen LogP contribution < -0.4 is 0 Å². The van der Waals surface area contributed by atoms with E-state index in [4.69, 9.17) is 5.11 Å². The van der Waals surface area contributed by atoms with Crippen LogP contribution in [0.5, 0.6) is 0 Å². The Labute approximate surface area is 210 Å². The third-order valence-corrected chi connectivity index (χ3v) is 5.22. The van der Waals surface area contributed by atoms with Gasteiger partial charge in [-0.25, -0.2) is 14.8 Å². The van der Waals surface area contributed by atoms with Crippen LogP contribution in [0, 0.1) is 0 Å². The maximum atomic E-state index is 12.9. The molecule has 0 atom stereocenters. The summed E-state index contributed by atoms with van der Waals surface area (Å²) >= 11 is 6.20. The molecular formula is C21H12Br2F6N4O2. The zero-order chi connectivity index (χ0) is 26.0. The van der Waals surface area contributed by atoms with Crippen LogP contribution in [0.3, 0.4) is 0 Å². The van der Waals surface area contributed by atoms with Crippen molar-refractivity contribution in [2.24, 2.45) is 0 Å². The van der Waals surface area contributed by atoms with Gasteiger partial charge in [-0.15, -0.1) is 0 Å². The lowest BCUT2D eigenvalue weighted by Gasteiger charge is -2.13. The van der Waals surface area contributed by atoms with Gasteiger partial charge in [0.25, 0.3) is 0 Å². The van der Waals surface area contributed by atoms with E-state index in [1.165, 1.54) is 47.7 Å². The molecule has 0 saturated heterocycles. The number of hydrogen-bond acceptors (Lipinski definition) is 3. The first-order valence-corrected chi connectivity index (χ1v) is 10.9. The first kappa shape index (κ1) is 26.5. The first-order chi connectivity index (χ1) is 16.3. The highest BCUT2D eigenvalue weighted by Crippen LogP contribution is 2.34. The van der Waals surface area contributed by atoms with Crippen LogP contribution >= 0.6 is 31.9 Å². The quantitative estimate of drug-likeness (QED) is 0.249. The van der Waals surface area contributed by atoms with E-state index in [-0.39, 0.29) is 11.5 Å². The van der Waals surface area contributed by atoms with Crippen LogP contribution in [0.15, 0.2) is 76.3 Å². The monoisotopic (exact) mass is 624 g/mol. The molecule has 14 heteroatoms. The average molecular weight is 626 g/mol. The van der Waals surface area contributed by atoms with Crippen molar-refractivity contribution in [3.63, 3.8) is 0 Å². The standard InChI is InChI=1S/C11H6BrF3N2O2.C10H6BrF3N2/c12-6-4-8(10(18)19)17(5-6)9-7(11(13,14)15)2-1-3-16-9;11-7-3-5-16(6-7)9-8(10(12,13)14)2-1-4-15-9/h1-5H,(H,18,19);1-6H. The Balaban J connectivity index is 0.000000198. The van der Waals surface area contributed by atoms with Crippen LogP contribution in [-0.4, -0.2) is 30.2 Å². The summed E-state index contributed by atoms with van der Waals surface area (Å²) in [6, 6.07) is 7.13. The Kier molecular flexibility index (Phi) is 7.74. The fourth-order valence-corrected chi connectivity index (χ4v) is 3.67. The lowest BCUT2D eigenvalue weighted by atomic mass is 10.2. The number of carboxylic acids is 1. The summed E-state index contributed by atoms with van der Waals surface area (Å²) in [6.45, 7) is 0. The minimum absolute atomic E-state index is 0.124. The molecular weight excluding hydrogens is 614 g/mol. The summed E-state index contributed by atoms with van der Waals surface area (Å²) in [5.74, 6) is -1.94. The topological polar surface area (TPSA) is 72.9 Å². The van der Waals surface area contributed by atoms with E-state index >= 15 is 0 Å². The van der Waals surface area contributed by atoms with Crippen LogP contribution in [0.1, 0.15) is 21.6 Å². The molecule has 6 nitrogen and oxygen atoms in total. The van der Waals surface area contributed by atoms with Crippen molar-refractivity contribution in [1.29, 1.82) is 0 Å². The van der Waals surface area contributed by atoms with Crippen LogP contribution in [0.2, 0.25) is 0 Å². The summed E-state index contributed by atoms with van der Waals surface area (Å²) in [5, 5.41) is 8.98. The van der Waals surface area contributed by atoms with E-state index in [1.54, 1.807) is 6.07 Å². The second-order valence-corrected chi connectivity index (χ2v) is 8.53. The average Bonchev–Trinajstić information content (AvgIpc) is 3.39. The van der Waals surface area contributed by atoms with Gasteiger partial charge in [-0.1, -0.05) is 0 Å². The number of nitrogens with zero attached hydrogens (tertiary/aromatic N) is 4. The van der Waals surface area contributed by atoms with E-state index in [0.717, 1.165) is 22.8 Å². The molecule has 0 radical (unpaired) electrons. The van der Waals surface area contributed by atoms with E-state index in [0.29, 0.717) is 8.95 Å². The Hall–Kier alpha value is -3.13. The van der Waals surface area contributed by atoms with Crippen molar-refractivity contribution < 1.29 is 36.2 Å². The van der Waals surface area contributed by atoms with Gasteiger partial charge < -0.3 is 9.67 Å². The zero-order valence-corrected chi connectivity index (χ0v) is 20.2. The molecule has 0 aliphatic heterocycles. The maximum absolute atomic E-state index is 12.9. The number of halogens is 8. The third kappa shape index (κ3) is 6.31. The number of aromatic carboxylic acids is 1. The number of alkyl halides is 6. The summed E-state index contributed by atoms with van der Waals surface area (Å²) in [5.41, 5.74) is -2.06. The van der Waals surface area contributed by atoms with Crippen molar-refractivity contribution in [3.05, 3.63) is 93.1 Å². The molecule has 0 unspecified atom stereocenters. The first-order valence-electron chi connectivity index (χ1n) is 9.29. The molecule has 0 aromatic carbocycles. The summed E-state index contributed by atoms with van der Waals surface area (Å²) in [6.07, 6.45) is -2.25. The second kappa shape index (κ2) is 10.2. The van der Waals surface area contributed by atoms with Crippen LogP contribution in [0.25, 0.3) is 11.6 Å². The Morgan fingerprint density at radius 3 is 1.86 bits per heavy atom. The summed E-state index contributed by atoms with van der Waals surface area (Å²) in [4.78, 5) is 18.4. The number of carboxylic acid groups (broad SMARTS) is 1. The molecule has 0 bridgehead atoms. The highest BCUT2D eigenvalue weighted by atomic mass is 79.9. The fourth-order valence-electron chi connectivity index (χ4n) is 2.91.